The second-order valence-electron chi connectivity index (χ2n) is 5.60. The lowest BCUT2D eigenvalue weighted by Gasteiger charge is -2.09. The highest BCUT2D eigenvalue weighted by molar-refractivity contribution is 5.99. The zero-order valence-corrected chi connectivity index (χ0v) is 14.8. The zero-order valence-electron chi connectivity index (χ0n) is 14.8. The minimum absolute atomic E-state index is 0.206. The molecule has 2 N–H and O–H groups in total. The van der Waals surface area contributed by atoms with E-state index < -0.39 is 0 Å². The first kappa shape index (κ1) is 18.3. The normalized spacial score (nSPS) is 11.0. The van der Waals surface area contributed by atoms with Gasteiger partial charge in [-0.05, 0) is 36.4 Å². The quantitative estimate of drug-likeness (QED) is 0.269. The number of amidine groups is 1. The summed E-state index contributed by atoms with van der Waals surface area (Å²) < 4.78 is 11.4. The summed E-state index contributed by atoms with van der Waals surface area (Å²) in [5.74, 6) is 2.08. The molecule has 0 spiro atoms. The topological polar surface area (TPSA) is 79.0 Å². The van der Waals surface area contributed by atoms with Crippen molar-refractivity contribution < 1.29 is 14.3 Å². The van der Waals surface area contributed by atoms with Crippen molar-refractivity contribution >= 4 is 5.84 Å². The largest absolute Gasteiger partial charge is 0.493 e. The maximum Gasteiger partial charge on any atom is 0.230 e. The molecule has 0 aliphatic rings. The molecule has 1 heterocycles. The molecular weight excluding hydrogens is 342 g/mol. The van der Waals surface area contributed by atoms with Gasteiger partial charge < -0.3 is 20.0 Å². The fourth-order valence-corrected chi connectivity index (χ4v) is 2.26. The van der Waals surface area contributed by atoms with Gasteiger partial charge in [-0.3, -0.25) is 0 Å². The van der Waals surface area contributed by atoms with E-state index in [-0.39, 0.29) is 5.84 Å². The third-order valence-electron chi connectivity index (χ3n) is 3.56. The number of nitrogens with zero attached hydrogens (tertiary/aromatic N) is 2. The molecule has 0 saturated heterocycles. The van der Waals surface area contributed by atoms with Crippen molar-refractivity contribution in [2.24, 2.45) is 10.9 Å². The monoisotopic (exact) mass is 363 g/mol. The van der Waals surface area contributed by atoms with E-state index >= 15 is 0 Å². The predicted octanol–water partition coefficient (Wildman–Crippen LogP) is 3.98. The Balaban J connectivity index is 1.50. The number of para-hydroxylation sites is 2. The van der Waals surface area contributed by atoms with E-state index in [0.717, 1.165) is 5.75 Å². The molecule has 6 nitrogen and oxygen atoms in total. The van der Waals surface area contributed by atoms with E-state index in [4.69, 9.17) is 20.0 Å². The molecule has 0 saturated carbocycles. The summed E-state index contributed by atoms with van der Waals surface area (Å²) in [6.07, 6.45) is 2.32. The number of ether oxygens (including phenoxy) is 2. The summed E-state index contributed by atoms with van der Waals surface area (Å²) in [4.78, 5) is 9.52. The third kappa shape index (κ3) is 5.74. The summed E-state index contributed by atoms with van der Waals surface area (Å²) >= 11 is 0. The number of nitrogens with two attached hydrogens (primary N) is 1. The second-order valence-corrected chi connectivity index (χ2v) is 5.60. The number of aromatic nitrogens is 1. The van der Waals surface area contributed by atoms with Crippen LogP contribution in [0.4, 0.5) is 0 Å². The Labute approximate surface area is 158 Å². The first-order chi connectivity index (χ1) is 13.3. The van der Waals surface area contributed by atoms with E-state index in [1.165, 1.54) is 0 Å². The summed E-state index contributed by atoms with van der Waals surface area (Å²) in [6, 6.07) is 22.5. The van der Waals surface area contributed by atoms with Crippen molar-refractivity contribution in [2.75, 3.05) is 13.2 Å². The lowest BCUT2D eigenvalue weighted by molar-refractivity contribution is 0.127. The number of hydrogen-bond acceptors (Lipinski definition) is 5. The molecule has 0 fully saturated rings. The van der Waals surface area contributed by atoms with Crippen molar-refractivity contribution in [1.82, 2.24) is 4.98 Å². The number of benzene rings is 2. The first-order valence-corrected chi connectivity index (χ1v) is 8.64. The highest BCUT2D eigenvalue weighted by Gasteiger charge is 2.10. The Morgan fingerprint density at radius 2 is 1.56 bits per heavy atom. The van der Waals surface area contributed by atoms with Gasteiger partial charge in [0, 0.05) is 12.6 Å². The molecule has 0 unspecified atom stereocenters. The van der Waals surface area contributed by atoms with Gasteiger partial charge in [0.05, 0.1) is 12.2 Å². The Morgan fingerprint density at radius 1 is 0.852 bits per heavy atom. The number of pyridine rings is 1. The molecule has 2 aromatic carbocycles. The Kier molecular flexibility index (Phi) is 6.64. The first-order valence-electron chi connectivity index (χ1n) is 8.64. The third-order valence-corrected chi connectivity index (χ3v) is 3.56. The van der Waals surface area contributed by atoms with Gasteiger partial charge >= 0.3 is 0 Å². The van der Waals surface area contributed by atoms with Crippen LogP contribution in [0.2, 0.25) is 0 Å². The number of rotatable bonds is 9. The van der Waals surface area contributed by atoms with Crippen LogP contribution in [-0.2, 0) is 4.84 Å². The van der Waals surface area contributed by atoms with Gasteiger partial charge in [0.15, 0.2) is 5.84 Å². The molecule has 0 bridgehead atoms. The van der Waals surface area contributed by atoms with Gasteiger partial charge in [0.1, 0.15) is 18.1 Å². The summed E-state index contributed by atoms with van der Waals surface area (Å²) in [7, 11) is 0. The number of oxime groups is 1. The van der Waals surface area contributed by atoms with Crippen LogP contribution in [0.5, 0.6) is 17.4 Å². The van der Waals surface area contributed by atoms with Crippen molar-refractivity contribution in [1.29, 1.82) is 0 Å². The van der Waals surface area contributed by atoms with Gasteiger partial charge in [0.2, 0.25) is 5.88 Å². The van der Waals surface area contributed by atoms with Crippen LogP contribution in [0.25, 0.3) is 0 Å². The Bertz CT molecular complexity index is 855. The molecule has 0 aliphatic heterocycles. The van der Waals surface area contributed by atoms with Crippen LogP contribution in [-0.4, -0.2) is 24.0 Å². The Hall–Kier alpha value is -3.54. The minimum Gasteiger partial charge on any atom is -0.493 e. The van der Waals surface area contributed by atoms with E-state index in [0.29, 0.717) is 36.8 Å². The average Bonchev–Trinajstić information content (AvgIpc) is 2.72. The Morgan fingerprint density at radius 3 is 2.30 bits per heavy atom. The highest BCUT2D eigenvalue weighted by atomic mass is 16.6. The van der Waals surface area contributed by atoms with E-state index in [1.807, 2.05) is 60.7 Å². The van der Waals surface area contributed by atoms with Gasteiger partial charge in [-0.2, -0.15) is 0 Å². The lowest BCUT2D eigenvalue weighted by Crippen LogP contribution is -2.16. The predicted molar refractivity (Wildman–Crippen MR) is 104 cm³/mol. The highest BCUT2D eigenvalue weighted by Crippen LogP contribution is 2.22. The van der Waals surface area contributed by atoms with Gasteiger partial charge in [0.25, 0.3) is 0 Å². The minimum atomic E-state index is 0.206. The van der Waals surface area contributed by atoms with Gasteiger partial charge in [-0.15, -0.1) is 0 Å². The fourth-order valence-electron chi connectivity index (χ4n) is 2.26. The van der Waals surface area contributed by atoms with E-state index in [1.54, 1.807) is 18.3 Å². The molecular formula is C21H21N3O3. The summed E-state index contributed by atoms with van der Waals surface area (Å²) in [6.45, 7) is 0.928. The van der Waals surface area contributed by atoms with Gasteiger partial charge in [-0.25, -0.2) is 4.98 Å². The standard InChI is InChI=1S/C21H21N3O3/c22-20(24-26-16-8-15-25-17-9-3-1-4-10-17)19-13-7-14-23-21(19)27-18-11-5-2-6-12-18/h1-7,9-14H,8,15-16H2,(H2,22,24). The summed E-state index contributed by atoms with van der Waals surface area (Å²) in [5.41, 5.74) is 6.60. The second kappa shape index (κ2) is 9.82. The van der Waals surface area contributed by atoms with Crippen LogP contribution < -0.4 is 15.2 Å². The average molecular weight is 363 g/mol. The SMILES string of the molecule is NC(=NOCCCOc1ccccc1)c1cccnc1Oc1ccccc1. The maximum atomic E-state index is 6.03. The van der Waals surface area contributed by atoms with Gasteiger partial charge in [-0.1, -0.05) is 41.6 Å². The molecule has 0 radical (unpaired) electrons. The molecule has 3 rings (SSSR count). The van der Waals surface area contributed by atoms with Crippen LogP contribution in [0.15, 0.2) is 84.1 Å². The molecule has 27 heavy (non-hydrogen) atoms. The van der Waals surface area contributed by atoms with E-state index in [9.17, 15) is 0 Å². The molecule has 3 aromatic rings. The zero-order chi connectivity index (χ0) is 18.7. The molecule has 0 amide bonds. The maximum absolute atomic E-state index is 6.03. The van der Waals surface area contributed by atoms with Crippen molar-refractivity contribution in [3.8, 4) is 17.4 Å². The van der Waals surface area contributed by atoms with Crippen molar-refractivity contribution in [2.45, 2.75) is 6.42 Å². The molecule has 6 heteroatoms. The fraction of sp³-hybridized carbons (Fsp3) is 0.143. The van der Waals surface area contributed by atoms with Crippen LogP contribution in [0.1, 0.15) is 12.0 Å². The smallest absolute Gasteiger partial charge is 0.230 e. The van der Waals surface area contributed by atoms with Crippen LogP contribution in [0, 0.1) is 0 Å². The lowest BCUT2D eigenvalue weighted by atomic mass is 10.2. The summed E-state index contributed by atoms with van der Waals surface area (Å²) in [5, 5.41) is 3.96. The van der Waals surface area contributed by atoms with Crippen LogP contribution in [0.3, 0.4) is 0 Å². The van der Waals surface area contributed by atoms with E-state index in [2.05, 4.69) is 10.1 Å². The van der Waals surface area contributed by atoms with Crippen LogP contribution >= 0.6 is 0 Å². The molecule has 1 aromatic heterocycles. The van der Waals surface area contributed by atoms with Crippen molar-refractivity contribution in [3.05, 3.63) is 84.6 Å². The molecule has 0 aliphatic carbocycles. The van der Waals surface area contributed by atoms with Crippen molar-refractivity contribution in [3.63, 3.8) is 0 Å². The number of hydrogen-bond donors (Lipinski definition) is 1. The molecule has 138 valence electrons. The molecule has 0 atom stereocenters.